The summed E-state index contributed by atoms with van der Waals surface area (Å²) < 4.78 is 11.8. The molecule has 0 radical (unpaired) electrons. The maximum Gasteiger partial charge on any atom is 0.127 e. The molecule has 30 heavy (non-hydrogen) atoms. The summed E-state index contributed by atoms with van der Waals surface area (Å²) in [5.74, 6) is 2.53. The van der Waals surface area contributed by atoms with E-state index in [0.29, 0.717) is 6.61 Å². The Bertz CT molecular complexity index is 1060. The molecule has 0 fully saturated rings. The van der Waals surface area contributed by atoms with Crippen molar-refractivity contribution in [1.29, 1.82) is 0 Å². The van der Waals surface area contributed by atoms with Crippen molar-refractivity contribution in [1.82, 2.24) is 0 Å². The molecule has 4 aromatic carbocycles. The van der Waals surface area contributed by atoms with E-state index in [9.17, 15) is 0 Å². The number of rotatable bonds is 8. The highest BCUT2D eigenvalue weighted by Crippen LogP contribution is 2.23. The highest BCUT2D eigenvalue weighted by Gasteiger charge is 2.01. The van der Waals surface area contributed by atoms with Gasteiger partial charge in [0.05, 0.1) is 0 Å². The lowest BCUT2D eigenvalue weighted by Gasteiger charge is -2.11. The molecule has 0 aliphatic carbocycles. The molecule has 0 spiro atoms. The second-order valence-corrected chi connectivity index (χ2v) is 7.21. The Labute approximate surface area is 177 Å². The van der Waals surface area contributed by atoms with Crippen LogP contribution in [0.3, 0.4) is 0 Å². The van der Waals surface area contributed by atoms with Crippen LogP contribution in [0.15, 0.2) is 103 Å². The van der Waals surface area contributed by atoms with Crippen LogP contribution in [0.5, 0.6) is 17.2 Å². The largest absolute Gasteiger partial charge is 0.489 e. The molecule has 3 nitrogen and oxygen atoms in total. The predicted molar refractivity (Wildman–Crippen MR) is 122 cm³/mol. The van der Waals surface area contributed by atoms with Crippen LogP contribution in [-0.2, 0) is 13.2 Å². The van der Waals surface area contributed by atoms with E-state index in [2.05, 4.69) is 48.6 Å². The van der Waals surface area contributed by atoms with Gasteiger partial charge in [-0.2, -0.15) is 0 Å². The molecule has 3 heteroatoms. The second kappa shape index (κ2) is 9.66. The van der Waals surface area contributed by atoms with Crippen molar-refractivity contribution in [2.24, 2.45) is 0 Å². The summed E-state index contributed by atoms with van der Waals surface area (Å²) >= 11 is 0. The molecule has 0 heterocycles. The molecule has 1 N–H and O–H groups in total. The normalized spacial score (nSPS) is 10.4. The fraction of sp³-hybridized carbons (Fsp3) is 0.111. The molecule has 0 aliphatic rings. The minimum Gasteiger partial charge on any atom is -0.489 e. The van der Waals surface area contributed by atoms with E-state index < -0.39 is 0 Å². The van der Waals surface area contributed by atoms with Crippen molar-refractivity contribution in [3.63, 3.8) is 0 Å². The van der Waals surface area contributed by atoms with Gasteiger partial charge in [0.15, 0.2) is 0 Å². The lowest BCUT2D eigenvalue weighted by Crippen LogP contribution is -2.00. The van der Waals surface area contributed by atoms with Crippen molar-refractivity contribution in [3.05, 3.63) is 120 Å². The van der Waals surface area contributed by atoms with Crippen LogP contribution in [-0.4, -0.2) is 0 Å². The number of hydrogen-bond acceptors (Lipinski definition) is 3. The van der Waals surface area contributed by atoms with E-state index >= 15 is 0 Å². The van der Waals surface area contributed by atoms with Crippen molar-refractivity contribution in [2.45, 2.75) is 20.1 Å². The minimum atomic E-state index is 0.569. The highest BCUT2D eigenvalue weighted by molar-refractivity contribution is 5.48. The Morgan fingerprint density at radius 2 is 1.33 bits per heavy atom. The molecule has 4 aromatic rings. The van der Waals surface area contributed by atoms with E-state index in [1.54, 1.807) is 0 Å². The van der Waals surface area contributed by atoms with Gasteiger partial charge >= 0.3 is 0 Å². The van der Waals surface area contributed by atoms with Gasteiger partial charge in [-0.3, -0.25) is 0 Å². The van der Waals surface area contributed by atoms with Crippen molar-refractivity contribution in [2.75, 3.05) is 5.32 Å². The number of nitrogens with one attached hydrogen (secondary N) is 1. The number of para-hydroxylation sites is 1. The van der Waals surface area contributed by atoms with Gasteiger partial charge < -0.3 is 14.8 Å². The average Bonchev–Trinajstić information content (AvgIpc) is 2.79. The summed E-state index contributed by atoms with van der Waals surface area (Å²) in [5, 5.41) is 3.45. The van der Waals surface area contributed by atoms with Crippen molar-refractivity contribution in [3.8, 4) is 17.2 Å². The van der Waals surface area contributed by atoms with Crippen LogP contribution < -0.4 is 14.8 Å². The Morgan fingerprint density at radius 3 is 2.10 bits per heavy atom. The van der Waals surface area contributed by atoms with E-state index in [-0.39, 0.29) is 0 Å². The van der Waals surface area contributed by atoms with Crippen LogP contribution in [0.2, 0.25) is 0 Å². The Hall–Kier alpha value is -3.72. The molecule has 0 aromatic heterocycles. The zero-order valence-corrected chi connectivity index (χ0v) is 17.0. The zero-order chi connectivity index (χ0) is 20.6. The minimum absolute atomic E-state index is 0.569. The Balaban J connectivity index is 1.30. The quantitative estimate of drug-likeness (QED) is 0.349. The van der Waals surface area contributed by atoms with Crippen molar-refractivity contribution < 1.29 is 9.47 Å². The molecule has 0 amide bonds. The first kappa shape index (κ1) is 19.6. The van der Waals surface area contributed by atoms with E-state index in [1.165, 1.54) is 16.7 Å². The summed E-state index contributed by atoms with van der Waals surface area (Å²) in [7, 11) is 0. The van der Waals surface area contributed by atoms with E-state index in [1.807, 2.05) is 66.7 Å². The zero-order valence-electron chi connectivity index (χ0n) is 17.0. The first-order chi connectivity index (χ1) is 14.7. The molecular formula is C27H25NO2. The summed E-state index contributed by atoms with van der Waals surface area (Å²) in [6.07, 6.45) is 0. The third kappa shape index (κ3) is 5.65. The molecule has 0 atom stereocenters. The number of hydrogen-bond donors (Lipinski definition) is 1. The molecule has 0 unspecified atom stereocenters. The van der Waals surface area contributed by atoms with Gasteiger partial charge in [-0.25, -0.2) is 0 Å². The SMILES string of the molecule is Cc1ccc(COc2cccc(CNc3ccc(Oc4ccccc4)cc3)c2)cc1. The Morgan fingerprint density at radius 1 is 0.633 bits per heavy atom. The number of anilines is 1. The van der Waals surface area contributed by atoms with Gasteiger partial charge in [0, 0.05) is 12.2 Å². The lowest BCUT2D eigenvalue weighted by atomic mass is 10.1. The first-order valence-corrected chi connectivity index (χ1v) is 10.1. The summed E-state index contributed by atoms with van der Waals surface area (Å²) in [6, 6.07) is 34.4. The van der Waals surface area contributed by atoms with Crippen LogP contribution >= 0.6 is 0 Å². The topological polar surface area (TPSA) is 30.5 Å². The molecule has 0 aliphatic heterocycles. The van der Waals surface area contributed by atoms with E-state index in [4.69, 9.17) is 9.47 Å². The number of aryl methyl sites for hydroxylation is 1. The molecular weight excluding hydrogens is 370 g/mol. The van der Waals surface area contributed by atoms with Gasteiger partial charge in [0.1, 0.15) is 23.9 Å². The summed E-state index contributed by atoms with van der Waals surface area (Å²) in [4.78, 5) is 0. The average molecular weight is 396 g/mol. The van der Waals surface area contributed by atoms with Gasteiger partial charge in [-0.05, 0) is 66.6 Å². The molecule has 0 saturated heterocycles. The maximum atomic E-state index is 5.95. The monoisotopic (exact) mass is 395 g/mol. The third-order valence-electron chi connectivity index (χ3n) is 4.75. The van der Waals surface area contributed by atoms with Crippen molar-refractivity contribution >= 4 is 5.69 Å². The Kier molecular flexibility index (Phi) is 6.31. The van der Waals surface area contributed by atoms with Crippen LogP contribution in [0.1, 0.15) is 16.7 Å². The summed E-state index contributed by atoms with van der Waals surface area (Å²) in [5.41, 5.74) is 4.64. The smallest absolute Gasteiger partial charge is 0.127 e. The van der Waals surface area contributed by atoms with Crippen LogP contribution in [0.4, 0.5) is 5.69 Å². The fourth-order valence-corrected chi connectivity index (χ4v) is 3.07. The highest BCUT2D eigenvalue weighted by atomic mass is 16.5. The van der Waals surface area contributed by atoms with Gasteiger partial charge in [0.2, 0.25) is 0 Å². The third-order valence-corrected chi connectivity index (χ3v) is 4.75. The standard InChI is InChI=1S/C27H25NO2/c1-21-10-12-22(13-11-21)20-29-27-9-5-6-23(18-27)19-28-24-14-16-26(17-15-24)30-25-7-3-2-4-8-25/h2-18,28H,19-20H2,1H3. The molecule has 4 rings (SSSR count). The maximum absolute atomic E-state index is 5.95. The molecule has 0 bridgehead atoms. The van der Waals surface area contributed by atoms with Gasteiger partial charge in [-0.1, -0.05) is 60.2 Å². The lowest BCUT2D eigenvalue weighted by molar-refractivity contribution is 0.306. The molecule has 0 saturated carbocycles. The summed E-state index contributed by atoms with van der Waals surface area (Å²) in [6.45, 7) is 3.38. The number of ether oxygens (including phenoxy) is 2. The molecule has 150 valence electrons. The van der Waals surface area contributed by atoms with Crippen LogP contribution in [0.25, 0.3) is 0 Å². The van der Waals surface area contributed by atoms with Gasteiger partial charge in [-0.15, -0.1) is 0 Å². The van der Waals surface area contributed by atoms with E-state index in [0.717, 1.165) is 29.5 Å². The van der Waals surface area contributed by atoms with Gasteiger partial charge in [0.25, 0.3) is 0 Å². The first-order valence-electron chi connectivity index (χ1n) is 10.1. The second-order valence-electron chi connectivity index (χ2n) is 7.21. The fourth-order valence-electron chi connectivity index (χ4n) is 3.07. The predicted octanol–water partition coefficient (Wildman–Crippen LogP) is 6.98. The number of benzene rings is 4. The van der Waals surface area contributed by atoms with Crippen LogP contribution in [0, 0.1) is 6.92 Å².